The molecule has 4 heteroatoms. The van der Waals surface area contributed by atoms with Gasteiger partial charge in [-0.1, -0.05) is 24.3 Å². The third-order valence-corrected chi connectivity index (χ3v) is 2.61. The molecule has 0 aromatic heterocycles. The minimum absolute atomic E-state index is 0.280. The maximum absolute atomic E-state index is 13.0. The van der Waals surface area contributed by atoms with Crippen molar-refractivity contribution in [3.05, 3.63) is 71.6 Å². The highest BCUT2D eigenvalue weighted by Crippen LogP contribution is 2.15. The van der Waals surface area contributed by atoms with E-state index in [0.29, 0.717) is 12.4 Å². The molecule has 0 unspecified atom stereocenters. The van der Waals surface area contributed by atoms with Crippen molar-refractivity contribution in [2.75, 3.05) is 0 Å². The van der Waals surface area contributed by atoms with Gasteiger partial charge >= 0.3 is 0 Å². The van der Waals surface area contributed by atoms with Crippen LogP contribution in [0, 0.1) is 5.82 Å². The molecule has 2 N–H and O–H groups in total. The molecule has 0 saturated heterocycles. The smallest absolute Gasteiger partial charge is 0.241 e. The van der Waals surface area contributed by atoms with E-state index in [1.807, 2.05) is 0 Å². The van der Waals surface area contributed by atoms with Crippen LogP contribution in [0.15, 0.2) is 54.6 Å². The summed E-state index contributed by atoms with van der Waals surface area (Å²) in [5.41, 5.74) is 6.63. The fourth-order valence-corrected chi connectivity index (χ4v) is 1.65. The molecule has 102 valence electrons. The SMILES string of the molecule is NC(=O)/C=C/c1ccc(OCc2cccc(F)c2)cc1. The summed E-state index contributed by atoms with van der Waals surface area (Å²) in [4.78, 5) is 10.6. The van der Waals surface area contributed by atoms with Crippen molar-refractivity contribution < 1.29 is 13.9 Å². The minimum Gasteiger partial charge on any atom is -0.489 e. The number of carbonyl (C=O) groups excluding carboxylic acids is 1. The molecule has 20 heavy (non-hydrogen) atoms. The Balaban J connectivity index is 1.95. The highest BCUT2D eigenvalue weighted by Gasteiger charge is 1.98. The highest BCUT2D eigenvalue weighted by molar-refractivity contribution is 5.90. The third kappa shape index (κ3) is 4.24. The average molecular weight is 271 g/mol. The van der Waals surface area contributed by atoms with Crippen molar-refractivity contribution in [2.45, 2.75) is 6.61 Å². The van der Waals surface area contributed by atoms with Crippen molar-refractivity contribution in [1.82, 2.24) is 0 Å². The van der Waals surface area contributed by atoms with E-state index in [0.717, 1.165) is 11.1 Å². The van der Waals surface area contributed by atoms with Crippen LogP contribution >= 0.6 is 0 Å². The first-order valence-corrected chi connectivity index (χ1v) is 6.08. The molecule has 2 rings (SSSR count). The number of primary amides is 1. The average Bonchev–Trinajstić information content (AvgIpc) is 2.44. The van der Waals surface area contributed by atoms with E-state index in [-0.39, 0.29) is 5.82 Å². The molecule has 2 aromatic carbocycles. The predicted molar refractivity (Wildman–Crippen MR) is 75.4 cm³/mol. The number of nitrogens with two attached hydrogens (primary N) is 1. The summed E-state index contributed by atoms with van der Waals surface area (Å²) in [6.45, 7) is 0.300. The Morgan fingerprint density at radius 1 is 1.20 bits per heavy atom. The van der Waals surface area contributed by atoms with Crippen LogP contribution in [0.3, 0.4) is 0 Å². The van der Waals surface area contributed by atoms with Crippen LogP contribution in [-0.2, 0) is 11.4 Å². The summed E-state index contributed by atoms with van der Waals surface area (Å²) in [7, 11) is 0. The Bertz CT molecular complexity index is 621. The monoisotopic (exact) mass is 271 g/mol. The topological polar surface area (TPSA) is 52.3 Å². The molecule has 0 radical (unpaired) electrons. The second-order valence-corrected chi connectivity index (χ2v) is 4.22. The second-order valence-electron chi connectivity index (χ2n) is 4.22. The lowest BCUT2D eigenvalue weighted by Crippen LogP contribution is -2.05. The van der Waals surface area contributed by atoms with Crippen LogP contribution in [-0.4, -0.2) is 5.91 Å². The van der Waals surface area contributed by atoms with Gasteiger partial charge in [-0.3, -0.25) is 4.79 Å². The van der Waals surface area contributed by atoms with Crippen LogP contribution in [0.5, 0.6) is 5.75 Å². The van der Waals surface area contributed by atoms with Gasteiger partial charge in [-0.15, -0.1) is 0 Å². The first kappa shape index (κ1) is 13.8. The highest BCUT2D eigenvalue weighted by atomic mass is 19.1. The lowest BCUT2D eigenvalue weighted by molar-refractivity contribution is -0.113. The van der Waals surface area contributed by atoms with Crippen molar-refractivity contribution >= 4 is 12.0 Å². The number of amides is 1. The Morgan fingerprint density at radius 2 is 1.95 bits per heavy atom. The van der Waals surface area contributed by atoms with Gasteiger partial charge in [0, 0.05) is 6.08 Å². The quantitative estimate of drug-likeness (QED) is 0.850. The molecule has 0 atom stereocenters. The molecular weight excluding hydrogens is 257 g/mol. The predicted octanol–water partition coefficient (Wildman–Crippen LogP) is 2.90. The number of ether oxygens (including phenoxy) is 1. The van der Waals surface area contributed by atoms with Gasteiger partial charge in [0.25, 0.3) is 0 Å². The number of halogens is 1. The van der Waals surface area contributed by atoms with Gasteiger partial charge in [-0.2, -0.15) is 0 Å². The van der Waals surface area contributed by atoms with Gasteiger partial charge in [0.2, 0.25) is 5.91 Å². The summed E-state index contributed by atoms with van der Waals surface area (Å²) in [5.74, 6) is -0.0973. The molecule has 0 saturated carbocycles. The van der Waals surface area contributed by atoms with Crippen molar-refractivity contribution in [3.63, 3.8) is 0 Å². The number of hydrogen-bond donors (Lipinski definition) is 1. The van der Waals surface area contributed by atoms with Gasteiger partial charge in [0.05, 0.1) is 0 Å². The molecule has 0 aliphatic carbocycles. The normalized spacial score (nSPS) is 10.7. The van der Waals surface area contributed by atoms with Crippen LogP contribution < -0.4 is 10.5 Å². The van der Waals surface area contributed by atoms with Crippen LogP contribution in [0.2, 0.25) is 0 Å². The summed E-state index contributed by atoms with van der Waals surface area (Å²) >= 11 is 0. The Labute approximate surface area is 116 Å². The summed E-state index contributed by atoms with van der Waals surface area (Å²) in [6, 6.07) is 13.4. The summed E-state index contributed by atoms with van der Waals surface area (Å²) in [6.07, 6.45) is 2.92. The number of benzene rings is 2. The van der Waals surface area contributed by atoms with Crippen LogP contribution in [0.4, 0.5) is 4.39 Å². The van der Waals surface area contributed by atoms with Gasteiger partial charge < -0.3 is 10.5 Å². The lowest BCUT2D eigenvalue weighted by Gasteiger charge is -2.06. The Morgan fingerprint density at radius 3 is 2.60 bits per heavy atom. The Hall–Kier alpha value is -2.62. The summed E-state index contributed by atoms with van der Waals surface area (Å²) in [5, 5.41) is 0. The minimum atomic E-state index is -0.489. The molecule has 0 aliphatic rings. The lowest BCUT2D eigenvalue weighted by atomic mass is 10.2. The van der Waals surface area contributed by atoms with Crippen molar-refractivity contribution in [2.24, 2.45) is 5.73 Å². The zero-order valence-corrected chi connectivity index (χ0v) is 10.8. The maximum atomic E-state index is 13.0. The van der Waals surface area contributed by atoms with Crippen LogP contribution in [0.25, 0.3) is 6.08 Å². The molecule has 0 heterocycles. The second kappa shape index (κ2) is 6.52. The molecule has 2 aromatic rings. The zero-order chi connectivity index (χ0) is 14.4. The Kier molecular flexibility index (Phi) is 4.50. The van der Waals surface area contributed by atoms with Crippen molar-refractivity contribution in [3.8, 4) is 5.75 Å². The number of rotatable bonds is 5. The fraction of sp³-hybridized carbons (Fsp3) is 0.0625. The fourth-order valence-electron chi connectivity index (χ4n) is 1.65. The van der Waals surface area contributed by atoms with Gasteiger partial charge in [-0.25, -0.2) is 4.39 Å². The molecule has 0 spiro atoms. The van der Waals surface area contributed by atoms with E-state index in [1.54, 1.807) is 42.5 Å². The molecule has 0 aliphatic heterocycles. The van der Waals surface area contributed by atoms with E-state index in [4.69, 9.17) is 10.5 Å². The zero-order valence-electron chi connectivity index (χ0n) is 10.8. The van der Waals surface area contributed by atoms with E-state index in [2.05, 4.69) is 0 Å². The van der Waals surface area contributed by atoms with Gasteiger partial charge in [-0.05, 0) is 41.5 Å². The first-order valence-electron chi connectivity index (χ1n) is 6.08. The first-order chi connectivity index (χ1) is 9.63. The summed E-state index contributed by atoms with van der Waals surface area (Å²) < 4.78 is 18.5. The number of carbonyl (C=O) groups is 1. The number of hydrogen-bond acceptors (Lipinski definition) is 2. The molecule has 0 bridgehead atoms. The molecule has 3 nitrogen and oxygen atoms in total. The van der Waals surface area contributed by atoms with Gasteiger partial charge in [0.15, 0.2) is 0 Å². The largest absolute Gasteiger partial charge is 0.489 e. The van der Waals surface area contributed by atoms with E-state index in [9.17, 15) is 9.18 Å². The molecule has 0 fully saturated rings. The van der Waals surface area contributed by atoms with Gasteiger partial charge in [0.1, 0.15) is 18.2 Å². The van der Waals surface area contributed by atoms with Crippen LogP contribution in [0.1, 0.15) is 11.1 Å². The van der Waals surface area contributed by atoms with Crippen molar-refractivity contribution in [1.29, 1.82) is 0 Å². The molecule has 1 amide bonds. The maximum Gasteiger partial charge on any atom is 0.241 e. The standard InChI is InChI=1S/C16H14FNO2/c17-14-3-1-2-13(10-14)11-20-15-7-4-12(5-8-15)6-9-16(18)19/h1-10H,11H2,(H2,18,19)/b9-6+. The van der Waals surface area contributed by atoms with E-state index < -0.39 is 5.91 Å². The van der Waals surface area contributed by atoms with E-state index >= 15 is 0 Å². The molecular formula is C16H14FNO2. The third-order valence-electron chi connectivity index (χ3n) is 2.61. The van der Waals surface area contributed by atoms with E-state index in [1.165, 1.54) is 18.2 Å².